The van der Waals surface area contributed by atoms with E-state index in [4.69, 9.17) is 4.74 Å². The van der Waals surface area contributed by atoms with Crippen LogP contribution in [-0.2, 0) is 4.74 Å². The van der Waals surface area contributed by atoms with E-state index in [2.05, 4.69) is 0 Å². The van der Waals surface area contributed by atoms with Crippen LogP contribution in [-0.4, -0.2) is 22.5 Å². The Morgan fingerprint density at radius 2 is 1.71 bits per heavy atom. The number of hydrogen-bond acceptors (Lipinski definition) is 3. The van der Waals surface area contributed by atoms with Crippen molar-refractivity contribution in [3.63, 3.8) is 0 Å². The van der Waals surface area contributed by atoms with Crippen LogP contribution in [0.15, 0.2) is 24.3 Å². The van der Waals surface area contributed by atoms with Crippen molar-refractivity contribution in [1.29, 1.82) is 0 Å². The van der Waals surface area contributed by atoms with Gasteiger partial charge in [-0.05, 0) is 39.8 Å². The van der Waals surface area contributed by atoms with Crippen LogP contribution in [0.3, 0.4) is 0 Å². The van der Waals surface area contributed by atoms with Crippen molar-refractivity contribution in [3.05, 3.63) is 29.8 Å². The third-order valence-corrected chi connectivity index (χ3v) is 3.39. The van der Waals surface area contributed by atoms with E-state index in [1.165, 1.54) is 4.90 Å². The van der Waals surface area contributed by atoms with Crippen molar-refractivity contribution in [1.82, 2.24) is 0 Å². The number of benzene rings is 1. The fourth-order valence-corrected chi connectivity index (χ4v) is 1.86. The van der Waals surface area contributed by atoms with Crippen LogP contribution >= 0.6 is 0 Å². The molecule has 0 radical (unpaired) electrons. The Bertz CT molecular complexity index is 448. The van der Waals surface area contributed by atoms with Crippen molar-refractivity contribution in [2.24, 2.45) is 0 Å². The Kier molecular flexibility index (Phi) is 2.43. The molecule has 17 heavy (non-hydrogen) atoms. The highest BCUT2D eigenvalue weighted by Gasteiger charge is 2.57. The maximum atomic E-state index is 11.8. The second-order valence-corrected chi connectivity index (χ2v) is 5.07. The van der Waals surface area contributed by atoms with Gasteiger partial charge in [0.1, 0.15) is 0 Å². The first-order chi connectivity index (χ1) is 7.75. The van der Waals surface area contributed by atoms with Gasteiger partial charge in [0, 0.05) is 0 Å². The molecule has 0 aliphatic carbocycles. The Labute approximate surface area is 101 Å². The molecular formula is C13H17NO3. The summed E-state index contributed by atoms with van der Waals surface area (Å²) in [6.45, 7) is 6.93. The number of carbonyl (C=O) groups excluding carboxylic acids is 1. The lowest BCUT2D eigenvalue weighted by Crippen LogP contribution is -2.53. The molecule has 4 nitrogen and oxygen atoms in total. The lowest BCUT2D eigenvalue weighted by molar-refractivity contribution is -0.0723. The Balaban J connectivity index is 2.45. The predicted octanol–water partition coefficient (Wildman–Crippen LogP) is 2.44. The molecule has 2 rings (SSSR count). The minimum absolute atomic E-state index is 0.524. The van der Waals surface area contributed by atoms with Crippen molar-refractivity contribution in [3.8, 4) is 0 Å². The van der Waals surface area contributed by atoms with E-state index in [0.717, 1.165) is 5.56 Å². The van der Waals surface area contributed by atoms with Crippen LogP contribution in [0.25, 0.3) is 0 Å². The SMILES string of the molecule is Cc1ccc(N2C(=O)OC(C)(C)[C@@]2(C)O)cc1. The van der Waals surface area contributed by atoms with Gasteiger partial charge in [-0.25, -0.2) is 9.69 Å². The van der Waals surface area contributed by atoms with Gasteiger partial charge in [-0.2, -0.15) is 0 Å². The summed E-state index contributed by atoms with van der Waals surface area (Å²) in [7, 11) is 0. The molecule has 0 saturated carbocycles. The van der Waals surface area contributed by atoms with Gasteiger partial charge in [0.15, 0.2) is 11.3 Å². The summed E-state index contributed by atoms with van der Waals surface area (Å²) >= 11 is 0. The molecule has 4 heteroatoms. The number of anilines is 1. The standard InChI is InChI=1S/C13H17NO3/c1-9-5-7-10(8-6-9)14-11(15)17-12(2,3)13(14,4)16/h5-8,16H,1-4H3/t13-/m1/s1. The van der Waals surface area contributed by atoms with Gasteiger partial charge < -0.3 is 9.84 Å². The van der Waals surface area contributed by atoms with Gasteiger partial charge in [-0.1, -0.05) is 17.7 Å². The summed E-state index contributed by atoms with van der Waals surface area (Å²) < 4.78 is 5.20. The van der Waals surface area contributed by atoms with Crippen molar-refractivity contribution < 1.29 is 14.6 Å². The van der Waals surface area contributed by atoms with Crippen LogP contribution in [0.1, 0.15) is 26.3 Å². The van der Waals surface area contributed by atoms with E-state index in [0.29, 0.717) is 5.69 Å². The van der Waals surface area contributed by atoms with Crippen molar-refractivity contribution in [2.75, 3.05) is 4.90 Å². The Morgan fingerprint density at radius 1 is 1.18 bits per heavy atom. The van der Waals surface area contributed by atoms with Gasteiger partial charge in [0.25, 0.3) is 0 Å². The minimum atomic E-state index is -1.36. The summed E-state index contributed by atoms with van der Waals surface area (Å²) in [5.41, 5.74) is -0.565. The Hall–Kier alpha value is -1.55. The topological polar surface area (TPSA) is 49.8 Å². The number of hydrogen-bond donors (Lipinski definition) is 1. The van der Waals surface area contributed by atoms with Gasteiger partial charge >= 0.3 is 6.09 Å². The highest BCUT2D eigenvalue weighted by Crippen LogP contribution is 2.40. The summed E-state index contributed by atoms with van der Waals surface area (Å²) in [4.78, 5) is 13.1. The molecular weight excluding hydrogens is 218 g/mol. The van der Waals surface area contributed by atoms with Crippen LogP contribution < -0.4 is 4.90 Å². The van der Waals surface area contributed by atoms with Gasteiger partial charge in [0.2, 0.25) is 0 Å². The molecule has 0 aromatic heterocycles. The lowest BCUT2D eigenvalue weighted by atomic mass is 9.95. The number of aliphatic hydroxyl groups is 1. The maximum absolute atomic E-state index is 11.8. The molecule has 1 atom stereocenters. The molecule has 1 aromatic rings. The van der Waals surface area contributed by atoms with Gasteiger partial charge in [-0.3, -0.25) is 0 Å². The zero-order valence-corrected chi connectivity index (χ0v) is 10.5. The summed E-state index contributed by atoms with van der Waals surface area (Å²) in [6, 6.07) is 7.38. The number of amides is 1. The predicted molar refractivity (Wildman–Crippen MR) is 64.8 cm³/mol. The lowest BCUT2D eigenvalue weighted by Gasteiger charge is -2.34. The van der Waals surface area contributed by atoms with E-state index in [1.54, 1.807) is 32.9 Å². The first-order valence-corrected chi connectivity index (χ1v) is 5.58. The van der Waals surface area contributed by atoms with Crippen LogP contribution in [0.4, 0.5) is 10.5 Å². The normalized spacial score (nSPS) is 27.1. The average molecular weight is 235 g/mol. The fraction of sp³-hybridized carbons (Fsp3) is 0.462. The molecule has 1 fully saturated rings. The smallest absolute Gasteiger partial charge is 0.417 e. The average Bonchev–Trinajstić information content (AvgIpc) is 2.34. The van der Waals surface area contributed by atoms with E-state index in [9.17, 15) is 9.90 Å². The second kappa shape index (κ2) is 3.47. The highest BCUT2D eigenvalue weighted by molar-refractivity contribution is 5.92. The molecule has 1 aromatic carbocycles. The van der Waals surface area contributed by atoms with Crippen LogP contribution in [0, 0.1) is 6.92 Å². The fourth-order valence-electron chi connectivity index (χ4n) is 1.86. The largest absolute Gasteiger partial charge is 0.438 e. The van der Waals surface area contributed by atoms with E-state index < -0.39 is 17.4 Å². The van der Waals surface area contributed by atoms with E-state index in [1.807, 2.05) is 19.1 Å². The zero-order chi connectivity index (χ0) is 12.8. The van der Waals surface area contributed by atoms with Gasteiger partial charge in [0.05, 0.1) is 5.69 Å². The molecule has 1 amide bonds. The maximum Gasteiger partial charge on any atom is 0.417 e. The van der Waals surface area contributed by atoms with Gasteiger partial charge in [-0.15, -0.1) is 0 Å². The van der Waals surface area contributed by atoms with E-state index >= 15 is 0 Å². The molecule has 0 spiro atoms. The summed E-state index contributed by atoms with van der Waals surface area (Å²) in [6.07, 6.45) is -0.524. The molecule has 0 unspecified atom stereocenters. The molecule has 1 saturated heterocycles. The molecule has 1 aliphatic heterocycles. The number of cyclic esters (lactones) is 1. The second-order valence-electron chi connectivity index (χ2n) is 5.07. The summed E-state index contributed by atoms with van der Waals surface area (Å²) in [5, 5.41) is 10.5. The number of aryl methyl sites for hydroxylation is 1. The molecule has 1 N–H and O–H groups in total. The number of ether oxygens (including phenoxy) is 1. The molecule has 0 bridgehead atoms. The summed E-state index contributed by atoms with van der Waals surface area (Å²) in [5.74, 6) is 0. The third kappa shape index (κ3) is 1.69. The quantitative estimate of drug-likeness (QED) is 0.813. The van der Waals surface area contributed by atoms with Crippen LogP contribution in [0.2, 0.25) is 0 Å². The highest BCUT2D eigenvalue weighted by atomic mass is 16.6. The zero-order valence-electron chi connectivity index (χ0n) is 10.5. The monoisotopic (exact) mass is 235 g/mol. The molecule has 92 valence electrons. The molecule has 1 aliphatic rings. The van der Waals surface area contributed by atoms with E-state index in [-0.39, 0.29) is 0 Å². The number of carbonyl (C=O) groups is 1. The van der Waals surface area contributed by atoms with Crippen molar-refractivity contribution >= 4 is 11.8 Å². The number of nitrogens with zero attached hydrogens (tertiary/aromatic N) is 1. The first kappa shape index (κ1) is 11.9. The van der Waals surface area contributed by atoms with Crippen molar-refractivity contribution in [2.45, 2.75) is 39.0 Å². The number of rotatable bonds is 1. The minimum Gasteiger partial charge on any atom is -0.438 e. The third-order valence-electron chi connectivity index (χ3n) is 3.39. The first-order valence-electron chi connectivity index (χ1n) is 5.58. The Morgan fingerprint density at radius 3 is 2.12 bits per heavy atom. The molecule has 1 heterocycles. The van der Waals surface area contributed by atoms with Crippen LogP contribution in [0.5, 0.6) is 0 Å².